The lowest BCUT2D eigenvalue weighted by Crippen LogP contribution is -2.56. The maximum absolute atomic E-state index is 13.8. The summed E-state index contributed by atoms with van der Waals surface area (Å²) in [6.07, 6.45) is -7.24. The molecule has 1 aliphatic heterocycles. The van der Waals surface area contributed by atoms with Crippen LogP contribution in [0.4, 0.5) is 27.8 Å². The minimum atomic E-state index is -4.49. The number of imidazole rings is 1. The van der Waals surface area contributed by atoms with Gasteiger partial charge in [-0.2, -0.15) is 23.0 Å². The summed E-state index contributed by atoms with van der Waals surface area (Å²) in [5.74, 6) is -2.12. The van der Waals surface area contributed by atoms with E-state index in [-0.39, 0.29) is 54.1 Å². The summed E-state index contributed by atoms with van der Waals surface area (Å²) in [6, 6.07) is 3.13. The molecule has 3 heterocycles. The molecule has 1 atom stereocenters. The number of anilines is 1. The molecule has 0 saturated carbocycles. The Kier molecular flexibility index (Phi) is 6.89. The molecular formula is C19H18ClF5N8O2. The van der Waals surface area contributed by atoms with Crippen molar-refractivity contribution in [2.75, 3.05) is 18.0 Å². The first-order valence-electron chi connectivity index (χ1n) is 10.3. The molecule has 0 bridgehead atoms. The van der Waals surface area contributed by atoms with Crippen LogP contribution in [0.2, 0.25) is 5.28 Å². The Balaban J connectivity index is 1.40. The van der Waals surface area contributed by atoms with E-state index >= 15 is 0 Å². The van der Waals surface area contributed by atoms with Crippen LogP contribution in [-0.2, 0) is 13.0 Å². The van der Waals surface area contributed by atoms with E-state index in [0.29, 0.717) is 0 Å². The Bertz CT molecular complexity index is 1220. The molecule has 2 N–H and O–H groups in total. The Labute approximate surface area is 199 Å². The van der Waals surface area contributed by atoms with Crippen LogP contribution in [0.15, 0.2) is 18.2 Å². The summed E-state index contributed by atoms with van der Waals surface area (Å²) in [7, 11) is 0. The molecule has 0 spiro atoms. The van der Waals surface area contributed by atoms with Crippen molar-refractivity contribution in [3.8, 4) is 0 Å². The number of fused-ring (bicyclic) bond motifs is 1. The number of rotatable bonds is 8. The zero-order chi connectivity index (χ0) is 25.3. The average molecular weight is 521 g/mol. The second-order valence-corrected chi connectivity index (χ2v) is 8.06. The van der Waals surface area contributed by atoms with Crippen molar-refractivity contribution < 1.29 is 31.9 Å². The maximum atomic E-state index is 13.8. The lowest BCUT2D eigenvalue weighted by molar-refractivity contribution is -0.134. The molecule has 0 radical (unpaired) electrons. The molecule has 0 saturated heterocycles. The van der Waals surface area contributed by atoms with Gasteiger partial charge in [0, 0.05) is 25.6 Å². The summed E-state index contributed by atoms with van der Waals surface area (Å²) in [5, 5.41) is 22.2. The van der Waals surface area contributed by atoms with Crippen molar-refractivity contribution in [2.45, 2.75) is 38.3 Å². The van der Waals surface area contributed by atoms with Crippen molar-refractivity contribution in [2.24, 2.45) is 0 Å². The third-order valence-corrected chi connectivity index (χ3v) is 5.39. The van der Waals surface area contributed by atoms with Crippen LogP contribution in [-0.4, -0.2) is 71.7 Å². The fourth-order valence-electron chi connectivity index (χ4n) is 3.56. The number of halogens is 6. The standard InChI is InChI=1S/C19H18ClF5N8O2/c20-17-26-14-15(27-17)31(7-4-19(23,24)25)18(35)32(16(14)34)5-1-6-33-29-13(28-30-33)8-10-2-3-11(21)9-12(10)22/h2-3,9,18,35H,1,4-8H2,(H,26,27). The van der Waals surface area contributed by atoms with E-state index in [0.717, 1.165) is 21.9 Å². The molecule has 3 aromatic rings. The van der Waals surface area contributed by atoms with Crippen LogP contribution in [0.5, 0.6) is 0 Å². The van der Waals surface area contributed by atoms with Gasteiger partial charge in [0.2, 0.25) is 11.6 Å². The number of alkyl halides is 3. The second-order valence-electron chi connectivity index (χ2n) is 7.70. The summed E-state index contributed by atoms with van der Waals surface area (Å²) >= 11 is 5.79. The highest BCUT2D eigenvalue weighted by molar-refractivity contribution is 6.28. The number of carbonyl (C=O) groups excluding carboxylic acids is 1. The smallest absolute Gasteiger partial charge is 0.356 e. The van der Waals surface area contributed by atoms with E-state index in [2.05, 4.69) is 25.4 Å². The van der Waals surface area contributed by atoms with Crippen molar-refractivity contribution in [1.82, 2.24) is 35.1 Å². The third-order valence-electron chi connectivity index (χ3n) is 5.21. The SMILES string of the molecule is O=C1c2[nH]c(Cl)nc2N(CCC(F)(F)F)C(O)N1CCCn1nnc(Cc2ccc(F)cc2F)n1. The van der Waals surface area contributed by atoms with Crippen LogP contribution in [0.25, 0.3) is 0 Å². The molecule has 1 amide bonds. The molecule has 188 valence electrons. The Morgan fingerprint density at radius 3 is 2.63 bits per heavy atom. The second kappa shape index (κ2) is 9.73. The van der Waals surface area contributed by atoms with Gasteiger partial charge >= 0.3 is 6.18 Å². The number of aromatic nitrogens is 6. The zero-order valence-electron chi connectivity index (χ0n) is 17.8. The third kappa shape index (κ3) is 5.67. The molecule has 0 fully saturated rings. The van der Waals surface area contributed by atoms with Gasteiger partial charge < -0.3 is 15.0 Å². The topological polar surface area (TPSA) is 116 Å². The van der Waals surface area contributed by atoms with E-state index in [9.17, 15) is 31.9 Å². The minimum Gasteiger partial charge on any atom is -0.356 e. The molecule has 4 rings (SSSR count). The van der Waals surface area contributed by atoms with Gasteiger partial charge in [0.25, 0.3) is 5.91 Å². The van der Waals surface area contributed by atoms with Gasteiger partial charge in [0.1, 0.15) is 17.3 Å². The van der Waals surface area contributed by atoms with Gasteiger partial charge in [-0.1, -0.05) is 6.07 Å². The fourth-order valence-corrected chi connectivity index (χ4v) is 3.74. The van der Waals surface area contributed by atoms with E-state index in [4.69, 9.17) is 11.6 Å². The lowest BCUT2D eigenvalue weighted by Gasteiger charge is -2.40. The van der Waals surface area contributed by atoms with Crippen molar-refractivity contribution in [3.05, 3.63) is 52.2 Å². The highest BCUT2D eigenvalue weighted by atomic mass is 35.5. The van der Waals surface area contributed by atoms with Crippen LogP contribution in [0.1, 0.15) is 34.7 Å². The number of nitrogens with zero attached hydrogens (tertiary/aromatic N) is 7. The number of aliphatic hydroxyl groups excluding tert-OH is 1. The predicted octanol–water partition coefficient (Wildman–Crippen LogP) is 2.50. The Morgan fingerprint density at radius 2 is 1.91 bits per heavy atom. The molecule has 35 heavy (non-hydrogen) atoms. The first kappa shape index (κ1) is 24.8. The minimum absolute atomic E-state index is 0.0209. The predicted molar refractivity (Wildman–Crippen MR) is 110 cm³/mol. The molecule has 2 aromatic heterocycles. The highest BCUT2D eigenvalue weighted by Crippen LogP contribution is 2.31. The van der Waals surface area contributed by atoms with Gasteiger partial charge in [-0.05, 0) is 34.9 Å². The Hall–Kier alpha value is -3.33. The lowest BCUT2D eigenvalue weighted by atomic mass is 10.1. The van der Waals surface area contributed by atoms with Crippen LogP contribution >= 0.6 is 11.6 Å². The van der Waals surface area contributed by atoms with Crippen LogP contribution in [0.3, 0.4) is 0 Å². The largest absolute Gasteiger partial charge is 0.390 e. The summed E-state index contributed by atoms with van der Waals surface area (Å²) in [5.41, 5.74) is 0.0472. The molecule has 16 heteroatoms. The summed E-state index contributed by atoms with van der Waals surface area (Å²) in [6.45, 7) is -0.576. The van der Waals surface area contributed by atoms with Gasteiger partial charge in [0.05, 0.1) is 13.0 Å². The quantitative estimate of drug-likeness (QED) is 0.438. The van der Waals surface area contributed by atoms with E-state index in [1.807, 2.05) is 0 Å². The number of amides is 1. The fraction of sp³-hybridized carbons (Fsp3) is 0.421. The molecular weight excluding hydrogens is 503 g/mol. The van der Waals surface area contributed by atoms with Gasteiger partial charge in [-0.15, -0.1) is 10.2 Å². The van der Waals surface area contributed by atoms with Crippen LogP contribution < -0.4 is 4.90 Å². The zero-order valence-corrected chi connectivity index (χ0v) is 18.6. The van der Waals surface area contributed by atoms with Crippen LogP contribution in [0, 0.1) is 11.6 Å². The normalized spacial score (nSPS) is 16.2. The number of aliphatic hydroxyl groups is 1. The number of nitrogens with one attached hydrogen (secondary N) is 1. The number of H-pyrrole nitrogens is 1. The van der Waals surface area contributed by atoms with Crippen molar-refractivity contribution >= 4 is 23.3 Å². The number of tetrazole rings is 1. The van der Waals surface area contributed by atoms with Crippen molar-refractivity contribution in [1.29, 1.82) is 0 Å². The van der Waals surface area contributed by atoms with E-state index < -0.39 is 43.0 Å². The molecule has 0 aliphatic carbocycles. The number of hydrogen-bond donors (Lipinski definition) is 2. The highest BCUT2D eigenvalue weighted by Gasteiger charge is 2.40. The number of aryl methyl sites for hydroxylation is 1. The number of benzene rings is 1. The maximum Gasteiger partial charge on any atom is 0.390 e. The monoisotopic (exact) mass is 520 g/mol. The molecule has 1 unspecified atom stereocenters. The van der Waals surface area contributed by atoms with E-state index in [1.54, 1.807) is 0 Å². The first-order chi connectivity index (χ1) is 16.5. The number of aromatic amines is 1. The molecule has 1 aliphatic rings. The van der Waals surface area contributed by atoms with Crippen molar-refractivity contribution in [3.63, 3.8) is 0 Å². The first-order valence-corrected chi connectivity index (χ1v) is 10.7. The summed E-state index contributed by atoms with van der Waals surface area (Å²) < 4.78 is 65.1. The van der Waals surface area contributed by atoms with Gasteiger partial charge in [0.15, 0.2) is 11.6 Å². The van der Waals surface area contributed by atoms with Gasteiger partial charge in [-0.25, -0.2) is 8.78 Å². The summed E-state index contributed by atoms with van der Waals surface area (Å²) in [4.78, 5) is 22.2. The molecule has 10 nitrogen and oxygen atoms in total. The Morgan fingerprint density at radius 1 is 1.14 bits per heavy atom. The number of carbonyl (C=O) groups is 1. The average Bonchev–Trinajstić information content (AvgIpc) is 3.38. The molecule has 1 aromatic carbocycles. The van der Waals surface area contributed by atoms with E-state index in [1.165, 1.54) is 10.9 Å². The van der Waals surface area contributed by atoms with Gasteiger partial charge in [-0.3, -0.25) is 9.69 Å². The number of hydrogen-bond acceptors (Lipinski definition) is 7.